The van der Waals surface area contributed by atoms with Crippen molar-refractivity contribution in [1.82, 2.24) is 29.8 Å². The van der Waals surface area contributed by atoms with E-state index in [9.17, 15) is 4.79 Å². The molecule has 0 unspecified atom stereocenters. The molecule has 0 radical (unpaired) electrons. The first kappa shape index (κ1) is 16.8. The van der Waals surface area contributed by atoms with Crippen LogP contribution in [-0.4, -0.2) is 48.8 Å². The molecule has 7 nitrogen and oxygen atoms in total. The molecule has 4 heterocycles. The van der Waals surface area contributed by atoms with E-state index in [1.807, 2.05) is 24.8 Å². The second-order valence-corrected chi connectivity index (χ2v) is 7.48. The van der Waals surface area contributed by atoms with Crippen molar-refractivity contribution in [3.8, 4) is 11.5 Å². The summed E-state index contributed by atoms with van der Waals surface area (Å²) in [4.78, 5) is 36.0. The highest BCUT2D eigenvalue weighted by Crippen LogP contribution is 2.29. The average molecular weight is 368 g/mol. The van der Waals surface area contributed by atoms with Gasteiger partial charge in [-0.1, -0.05) is 0 Å². The van der Waals surface area contributed by atoms with Gasteiger partial charge >= 0.3 is 0 Å². The number of piperidine rings is 1. The minimum absolute atomic E-state index is 0.0601. The number of hydrogen-bond acceptors (Lipinski definition) is 6. The molecule has 8 heteroatoms. The number of likely N-dealkylation sites (tertiary alicyclic amines) is 1. The Bertz CT molecular complexity index is 920. The third kappa shape index (κ3) is 3.37. The number of carbonyl (C=O) groups excluding carboxylic acids is 1. The highest BCUT2D eigenvalue weighted by atomic mass is 32.1. The molecule has 1 aliphatic rings. The van der Waals surface area contributed by atoms with Gasteiger partial charge in [0, 0.05) is 36.6 Å². The van der Waals surface area contributed by atoms with E-state index in [4.69, 9.17) is 0 Å². The van der Waals surface area contributed by atoms with Crippen LogP contribution in [0.4, 0.5) is 0 Å². The standard InChI is InChI=1S/C18H20N6OS/c1-11-7-20-17(21-11)15-6-14(22-12(2)23-15)13-4-3-5-24(9-13)18(25)16-8-19-10-26-16/h6-8,10,13H,3-5,9H2,1-2H3,(H,20,21)/t13-/m1/s1. The fourth-order valence-electron chi connectivity index (χ4n) is 3.34. The highest BCUT2D eigenvalue weighted by molar-refractivity contribution is 7.11. The maximum absolute atomic E-state index is 12.6. The monoisotopic (exact) mass is 368 g/mol. The molecule has 1 fully saturated rings. The van der Waals surface area contributed by atoms with Crippen LogP contribution < -0.4 is 0 Å². The van der Waals surface area contributed by atoms with Gasteiger partial charge < -0.3 is 9.88 Å². The Labute approximate surface area is 155 Å². The van der Waals surface area contributed by atoms with Crippen molar-refractivity contribution in [2.24, 2.45) is 0 Å². The zero-order valence-electron chi connectivity index (χ0n) is 14.8. The van der Waals surface area contributed by atoms with Crippen LogP contribution in [0.25, 0.3) is 11.5 Å². The number of imidazole rings is 1. The first-order chi connectivity index (χ1) is 12.6. The molecule has 0 spiro atoms. The molecule has 1 saturated heterocycles. The van der Waals surface area contributed by atoms with Gasteiger partial charge in [-0.15, -0.1) is 11.3 Å². The fourth-order valence-corrected chi connectivity index (χ4v) is 3.93. The lowest BCUT2D eigenvalue weighted by Gasteiger charge is -2.32. The van der Waals surface area contributed by atoms with Crippen LogP contribution in [0.2, 0.25) is 0 Å². The topological polar surface area (TPSA) is 87.7 Å². The largest absolute Gasteiger partial charge is 0.341 e. The van der Waals surface area contributed by atoms with Gasteiger partial charge in [0.05, 0.1) is 11.7 Å². The van der Waals surface area contributed by atoms with Gasteiger partial charge in [0.25, 0.3) is 5.91 Å². The van der Waals surface area contributed by atoms with Crippen molar-refractivity contribution in [2.75, 3.05) is 13.1 Å². The van der Waals surface area contributed by atoms with E-state index in [1.165, 1.54) is 11.3 Å². The molecule has 1 N–H and O–H groups in total. The molecular weight excluding hydrogens is 348 g/mol. The number of hydrogen-bond donors (Lipinski definition) is 1. The molecule has 134 valence electrons. The fraction of sp³-hybridized carbons (Fsp3) is 0.389. The summed E-state index contributed by atoms with van der Waals surface area (Å²) >= 11 is 1.39. The third-order valence-corrected chi connectivity index (χ3v) is 5.33. The Morgan fingerprint density at radius 1 is 1.31 bits per heavy atom. The van der Waals surface area contributed by atoms with Crippen LogP contribution in [0.3, 0.4) is 0 Å². The van der Waals surface area contributed by atoms with Crippen molar-refractivity contribution in [1.29, 1.82) is 0 Å². The van der Waals surface area contributed by atoms with Crippen molar-refractivity contribution >= 4 is 17.2 Å². The van der Waals surface area contributed by atoms with Crippen molar-refractivity contribution < 1.29 is 4.79 Å². The van der Waals surface area contributed by atoms with Crippen molar-refractivity contribution in [3.05, 3.63) is 46.1 Å². The number of nitrogens with one attached hydrogen (secondary N) is 1. The Kier molecular flexibility index (Phi) is 4.50. The summed E-state index contributed by atoms with van der Waals surface area (Å²) in [7, 11) is 0. The highest BCUT2D eigenvalue weighted by Gasteiger charge is 2.27. The smallest absolute Gasteiger partial charge is 0.265 e. The molecule has 3 aromatic rings. The minimum atomic E-state index is 0.0601. The second-order valence-electron chi connectivity index (χ2n) is 6.60. The Balaban J connectivity index is 1.59. The predicted molar refractivity (Wildman–Crippen MR) is 99.1 cm³/mol. The molecule has 0 bridgehead atoms. The van der Waals surface area contributed by atoms with E-state index in [2.05, 4.69) is 24.9 Å². The molecular formula is C18H20N6OS. The number of H-pyrrole nitrogens is 1. The summed E-state index contributed by atoms with van der Waals surface area (Å²) < 4.78 is 0. The van der Waals surface area contributed by atoms with Gasteiger partial charge in [0.1, 0.15) is 16.4 Å². The maximum Gasteiger partial charge on any atom is 0.265 e. The molecule has 3 aromatic heterocycles. The van der Waals surface area contributed by atoms with Crippen LogP contribution >= 0.6 is 11.3 Å². The van der Waals surface area contributed by atoms with E-state index >= 15 is 0 Å². The van der Waals surface area contributed by atoms with E-state index in [0.29, 0.717) is 11.4 Å². The number of aryl methyl sites for hydroxylation is 2. The van der Waals surface area contributed by atoms with E-state index in [-0.39, 0.29) is 11.8 Å². The third-order valence-electron chi connectivity index (χ3n) is 4.57. The maximum atomic E-state index is 12.6. The van der Waals surface area contributed by atoms with Gasteiger partial charge in [0.15, 0.2) is 5.82 Å². The van der Waals surface area contributed by atoms with Gasteiger partial charge in [-0.05, 0) is 32.8 Å². The summed E-state index contributed by atoms with van der Waals surface area (Å²) in [6.45, 7) is 5.31. The molecule has 0 aromatic carbocycles. The number of aromatic amines is 1. The van der Waals surface area contributed by atoms with E-state index < -0.39 is 0 Å². The van der Waals surface area contributed by atoms with Crippen molar-refractivity contribution in [3.63, 3.8) is 0 Å². The molecule has 0 aliphatic carbocycles. The first-order valence-electron chi connectivity index (χ1n) is 8.65. The number of aromatic nitrogens is 5. The van der Waals surface area contributed by atoms with Gasteiger partial charge in [-0.25, -0.2) is 15.0 Å². The number of nitrogens with zero attached hydrogens (tertiary/aromatic N) is 5. The summed E-state index contributed by atoms with van der Waals surface area (Å²) in [5.74, 6) is 1.74. The number of carbonyl (C=O) groups is 1. The summed E-state index contributed by atoms with van der Waals surface area (Å²) in [6, 6.07) is 2.00. The normalized spacial score (nSPS) is 17.5. The first-order valence-corrected chi connectivity index (χ1v) is 9.53. The Morgan fingerprint density at radius 3 is 2.92 bits per heavy atom. The van der Waals surface area contributed by atoms with Crippen LogP contribution in [-0.2, 0) is 0 Å². The lowest BCUT2D eigenvalue weighted by atomic mass is 9.94. The number of rotatable bonds is 3. The summed E-state index contributed by atoms with van der Waals surface area (Å²) in [5, 5.41) is 0. The SMILES string of the molecule is Cc1nc(-c2ncc(C)[nH]2)cc([C@@H]2CCCN(C(=O)c3cncs3)C2)n1. The Morgan fingerprint density at radius 2 is 2.19 bits per heavy atom. The average Bonchev–Trinajstić information content (AvgIpc) is 3.32. The molecule has 1 aliphatic heterocycles. The van der Waals surface area contributed by atoms with Gasteiger partial charge in [-0.2, -0.15) is 0 Å². The van der Waals surface area contributed by atoms with Gasteiger partial charge in [-0.3, -0.25) is 9.78 Å². The van der Waals surface area contributed by atoms with Crippen LogP contribution in [0.1, 0.15) is 45.6 Å². The molecule has 26 heavy (non-hydrogen) atoms. The minimum Gasteiger partial charge on any atom is -0.341 e. The van der Waals surface area contributed by atoms with E-state index in [1.54, 1.807) is 17.9 Å². The molecule has 1 atom stereocenters. The van der Waals surface area contributed by atoms with Crippen LogP contribution in [0.15, 0.2) is 24.0 Å². The van der Waals surface area contributed by atoms with Crippen LogP contribution in [0, 0.1) is 13.8 Å². The second kappa shape index (κ2) is 6.95. The lowest BCUT2D eigenvalue weighted by Crippen LogP contribution is -2.39. The van der Waals surface area contributed by atoms with Gasteiger partial charge in [0.2, 0.25) is 0 Å². The zero-order chi connectivity index (χ0) is 18.1. The van der Waals surface area contributed by atoms with E-state index in [0.717, 1.165) is 48.1 Å². The summed E-state index contributed by atoms with van der Waals surface area (Å²) in [5.41, 5.74) is 4.46. The zero-order valence-corrected chi connectivity index (χ0v) is 15.6. The lowest BCUT2D eigenvalue weighted by molar-refractivity contribution is 0.0710. The molecule has 4 rings (SSSR count). The number of amides is 1. The quantitative estimate of drug-likeness (QED) is 0.768. The summed E-state index contributed by atoms with van der Waals surface area (Å²) in [6.07, 6.45) is 5.41. The van der Waals surface area contributed by atoms with Crippen molar-refractivity contribution in [2.45, 2.75) is 32.6 Å². The predicted octanol–water partition coefficient (Wildman–Crippen LogP) is 2.96. The molecule has 0 saturated carbocycles. The molecule has 1 amide bonds. The van der Waals surface area contributed by atoms with Crippen LogP contribution in [0.5, 0.6) is 0 Å². The Hall–Kier alpha value is -2.61. The number of thiazole rings is 1.